The van der Waals surface area contributed by atoms with E-state index in [1.807, 2.05) is 0 Å². The minimum Gasteiger partial charge on any atom is -0.351 e. The van der Waals surface area contributed by atoms with Crippen molar-refractivity contribution in [3.63, 3.8) is 0 Å². The lowest BCUT2D eigenvalue weighted by atomic mass is 9.69. The number of benzene rings is 1. The predicted octanol–water partition coefficient (Wildman–Crippen LogP) is 2.92. The Balaban J connectivity index is 2.08. The maximum Gasteiger partial charge on any atom is 0.240 e. The van der Waals surface area contributed by atoms with E-state index in [-0.39, 0.29) is 5.91 Å². The van der Waals surface area contributed by atoms with E-state index < -0.39 is 5.41 Å². The Labute approximate surface area is 114 Å². The molecule has 3 heteroatoms. The van der Waals surface area contributed by atoms with Crippen LogP contribution in [0.15, 0.2) is 12.1 Å². The number of amides is 1. The van der Waals surface area contributed by atoms with Gasteiger partial charge < -0.3 is 5.32 Å². The molecule has 0 spiro atoms. The highest BCUT2D eigenvalue weighted by atomic mass is 16.2. The smallest absolute Gasteiger partial charge is 0.240 e. The van der Waals surface area contributed by atoms with Crippen molar-refractivity contribution >= 4 is 5.91 Å². The highest BCUT2D eigenvalue weighted by Crippen LogP contribution is 2.40. The highest BCUT2D eigenvalue weighted by molar-refractivity contribution is 5.86. The molecule has 0 bridgehead atoms. The van der Waals surface area contributed by atoms with Crippen LogP contribution in [0.5, 0.6) is 0 Å². The Bertz CT molecular complexity index is 527. The summed E-state index contributed by atoms with van der Waals surface area (Å²) in [5.74, 6) is -0.111. The van der Waals surface area contributed by atoms with E-state index in [0.29, 0.717) is 19.4 Å². The minimum atomic E-state index is -0.757. The summed E-state index contributed by atoms with van der Waals surface area (Å²) in [5, 5.41) is 12.1. The summed E-state index contributed by atoms with van der Waals surface area (Å²) in [6, 6.07) is 6.42. The molecule has 1 aliphatic carbocycles. The predicted molar refractivity (Wildman–Crippen MR) is 74.4 cm³/mol. The summed E-state index contributed by atoms with van der Waals surface area (Å²) in [4.78, 5) is 12.1. The fourth-order valence-corrected chi connectivity index (χ4v) is 2.75. The molecule has 0 heterocycles. The zero-order chi connectivity index (χ0) is 14.0. The molecule has 3 nitrogen and oxygen atoms in total. The van der Waals surface area contributed by atoms with Crippen molar-refractivity contribution in [2.45, 2.75) is 46.6 Å². The topological polar surface area (TPSA) is 52.9 Å². The number of hydrogen-bond acceptors (Lipinski definition) is 2. The van der Waals surface area contributed by atoms with Gasteiger partial charge in [0.25, 0.3) is 0 Å². The average molecular weight is 256 g/mol. The molecule has 1 amide bonds. The summed E-state index contributed by atoms with van der Waals surface area (Å²) < 4.78 is 0. The van der Waals surface area contributed by atoms with Gasteiger partial charge in [0.2, 0.25) is 5.91 Å². The van der Waals surface area contributed by atoms with Crippen LogP contribution < -0.4 is 5.32 Å². The van der Waals surface area contributed by atoms with Crippen molar-refractivity contribution in [2.75, 3.05) is 0 Å². The molecule has 100 valence electrons. The van der Waals surface area contributed by atoms with Crippen LogP contribution in [-0.4, -0.2) is 5.91 Å². The van der Waals surface area contributed by atoms with E-state index in [1.165, 1.54) is 16.7 Å². The van der Waals surface area contributed by atoms with Gasteiger partial charge in [-0.05, 0) is 56.7 Å². The summed E-state index contributed by atoms with van der Waals surface area (Å²) in [5.41, 5.74) is 4.02. The zero-order valence-electron chi connectivity index (χ0n) is 11.8. The van der Waals surface area contributed by atoms with Gasteiger partial charge in [-0.1, -0.05) is 17.7 Å². The van der Waals surface area contributed by atoms with E-state index in [2.05, 4.69) is 44.3 Å². The quantitative estimate of drug-likeness (QED) is 0.904. The molecule has 2 rings (SSSR count). The first-order valence-electron chi connectivity index (χ1n) is 6.75. The first-order valence-corrected chi connectivity index (χ1v) is 6.75. The fourth-order valence-electron chi connectivity index (χ4n) is 2.75. The third kappa shape index (κ3) is 2.49. The Kier molecular flexibility index (Phi) is 3.61. The van der Waals surface area contributed by atoms with Crippen LogP contribution in [-0.2, 0) is 11.3 Å². The number of nitriles is 1. The second-order valence-electron chi connectivity index (χ2n) is 5.61. The Hall–Kier alpha value is -1.82. The van der Waals surface area contributed by atoms with Gasteiger partial charge in [0.15, 0.2) is 0 Å². The summed E-state index contributed by atoms with van der Waals surface area (Å²) in [6.07, 6.45) is 2.37. The van der Waals surface area contributed by atoms with Crippen LogP contribution in [0.1, 0.15) is 41.5 Å². The molecule has 0 radical (unpaired) electrons. The monoisotopic (exact) mass is 256 g/mol. The van der Waals surface area contributed by atoms with Gasteiger partial charge in [-0.2, -0.15) is 5.26 Å². The van der Waals surface area contributed by atoms with Gasteiger partial charge in [-0.25, -0.2) is 0 Å². The van der Waals surface area contributed by atoms with Gasteiger partial charge in [0.05, 0.1) is 6.07 Å². The third-order valence-corrected chi connectivity index (χ3v) is 4.12. The molecule has 0 atom stereocenters. The molecule has 1 aromatic carbocycles. The molecular weight excluding hydrogens is 236 g/mol. The molecule has 0 unspecified atom stereocenters. The second kappa shape index (κ2) is 5.05. The molecule has 1 aliphatic rings. The summed E-state index contributed by atoms with van der Waals surface area (Å²) in [7, 11) is 0. The van der Waals surface area contributed by atoms with Crippen molar-refractivity contribution in [3.05, 3.63) is 34.4 Å². The van der Waals surface area contributed by atoms with E-state index in [9.17, 15) is 4.79 Å². The zero-order valence-corrected chi connectivity index (χ0v) is 11.8. The van der Waals surface area contributed by atoms with Gasteiger partial charge in [0, 0.05) is 6.54 Å². The molecule has 0 aliphatic heterocycles. The average Bonchev–Trinajstić information content (AvgIpc) is 2.26. The van der Waals surface area contributed by atoms with E-state index in [0.717, 1.165) is 12.0 Å². The van der Waals surface area contributed by atoms with Crippen molar-refractivity contribution in [1.29, 1.82) is 5.26 Å². The number of carbonyl (C=O) groups excluding carboxylic acids is 1. The third-order valence-electron chi connectivity index (χ3n) is 4.12. The number of hydrogen-bond donors (Lipinski definition) is 1. The van der Waals surface area contributed by atoms with E-state index in [4.69, 9.17) is 5.26 Å². The maximum absolute atomic E-state index is 12.1. The van der Waals surface area contributed by atoms with Crippen molar-refractivity contribution in [2.24, 2.45) is 5.41 Å². The minimum absolute atomic E-state index is 0.111. The Morgan fingerprint density at radius 1 is 1.32 bits per heavy atom. The van der Waals surface area contributed by atoms with E-state index in [1.54, 1.807) is 0 Å². The number of rotatable bonds is 3. The molecule has 1 N–H and O–H groups in total. The molecule has 19 heavy (non-hydrogen) atoms. The van der Waals surface area contributed by atoms with Gasteiger partial charge in [-0.15, -0.1) is 0 Å². The number of aryl methyl sites for hydroxylation is 3. The lowest BCUT2D eigenvalue weighted by Crippen LogP contribution is -2.44. The maximum atomic E-state index is 12.1. The second-order valence-corrected chi connectivity index (χ2v) is 5.61. The van der Waals surface area contributed by atoms with Crippen molar-refractivity contribution in [1.82, 2.24) is 5.32 Å². The molecular formula is C16H20N2O. The SMILES string of the molecule is Cc1cc(C)c(CNC(=O)C2(C#N)CCC2)c(C)c1. The largest absolute Gasteiger partial charge is 0.351 e. The van der Waals surface area contributed by atoms with Gasteiger partial charge in [-0.3, -0.25) is 4.79 Å². The van der Waals surface area contributed by atoms with Crippen LogP contribution in [0, 0.1) is 37.5 Å². The van der Waals surface area contributed by atoms with Crippen LogP contribution >= 0.6 is 0 Å². The van der Waals surface area contributed by atoms with Crippen molar-refractivity contribution < 1.29 is 4.79 Å². The molecule has 0 saturated heterocycles. The van der Waals surface area contributed by atoms with Crippen molar-refractivity contribution in [3.8, 4) is 6.07 Å². The molecule has 1 saturated carbocycles. The van der Waals surface area contributed by atoms with Crippen LogP contribution in [0.3, 0.4) is 0 Å². The molecule has 1 fully saturated rings. The molecule has 0 aromatic heterocycles. The summed E-state index contributed by atoms with van der Waals surface area (Å²) >= 11 is 0. The lowest BCUT2D eigenvalue weighted by Gasteiger charge is -2.33. The Morgan fingerprint density at radius 3 is 2.32 bits per heavy atom. The van der Waals surface area contributed by atoms with E-state index >= 15 is 0 Å². The first-order chi connectivity index (χ1) is 8.98. The summed E-state index contributed by atoms with van der Waals surface area (Å²) in [6.45, 7) is 6.71. The highest BCUT2D eigenvalue weighted by Gasteiger charge is 2.44. The van der Waals surface area contributed by atoms with Crippen LogP contribution in [0.4, 0.5) is 0 Å². The Morgan fingerprint density at radius 2 is 1.89 bits per heavy atom. The molecule has 1 aromatic rings. The number of carbonyl (C=O) groups is 1. The number of nitrogens with zero attached hydrogens (tertiary/aromatic N) is 1. The fraction of sp³-hybridized carbons (Fsp3) is 0.500. The lowest BCUT2D eigenvalue weighted by molar-refractivity contribution is -0.131. The van der Waals surface area contributed by atoms with Gasteiger partial charge in [0.1, 0.15) is 5.41 Å². The van der Waals surface area contributed by atoms with Crippen LogP contribution in [0.25, 0.3) is 0 Å². The van der Waals surface area contributed by atoms with Crippen LogP contribution in [0.2, 0.25) is 0 Å². The standard InChI is InChI=1S/C16H20N2O/c1-11-7-12(2)14(13(3)8-11)9-18-15(19)16(10-17)5-4-6-16/h7-8H,4-6,9H2,1-3H3,(H,18,19). The first kappa shape index (κ1) is 13.6. The number of nitrogens with one attached hydrogen (secondary N) is 1. The normalized spacial score (nSPS) is 16.3. The van der Waals surface area contributed by atoms with Gasteiger partial charge >= 0.3 is 0 Å².